The van der Waals surface area contributed by atoms with Crippen LogP contribution in [0, 0.1) is 0 Å². The van der Waals surface area contributed by atoms with Gasteiger partial charge in [0.05, 0.1) is 0 Å². The first-order valence-corrected chi connectivity index (χ1v) is 6.29. The van der Waals surface area contributed by atoms with E-state index in [1.54, 1.807) is 0 Å². The number of carbonyl (C=O) groups excluding carboxylic acids is 1. The minimum atomic E-state index is -2.04. The normalized spacial score (nSPS) is 10.3. The van der Waals surface area contributed by atoms with Gasteiger partial charge in [-0.1, -0.05) is 46.0 Å². The largest absolute Gasteiger partial charge is 0.407 e. The molecule has 0 radical (unpaired) electrons. The van der Waals surface area contributed by atoms with Crippen LogP contribution in [0.3, 0.4) is 0 Å². The van der Waals surface area contributed by atoms with Crippen molar-refractivity contribution >= 4 is 51.8 Å². The van der Waals surface area contributed by atoms with Gasteiger partial charge >= 0.3 is 9.41 Å². The van der Waals surface area contributed by atoms with Gasteiger partial charge in [0.15, 0.2) is 0 Å². The Labute approximate surface area is 111 Å². The number of hydrogen-bond acceptors (Lipinski definition) is 2. The molecule has 0 aromatic rings. The first kappa shape index (κ1) is 18.0. The van der Waals surface area contributed by atoms with Gasteiger partial charge in [0.1, 0.15) is 0 Å². The van der Waals surface area contributed by atoms with Crippen molar-refractivity contribution in [2.24, 2.45) is 0 Å². The third-order valence-electron chi connectivity index (χ3n) is 1.40. The maximum atomic E-state index is 9.75. The quantitative estimate of drug-likeness (QED) is 0.380. The summed E-state index contributed by atoms with van der Waals surface area (Å²) in [6, 6.07) is 0. The molecule has 0 saturated heterocycles. The number of ether oxygens (including phenoxy) is 1. The monoisotopic (exact) mass is 296 g/mol. The van der Waals surface area contributed by atoms with Crippen LogP contribution < -0.4 is 0 Å². The second-order valence-corrected chi connectivity index (χ2v) is 5.33. The van der Waals surface area contributed by atoms with E-state index in [-0.39, 0.29) is 0 Å². The summed E-state index contributed by atoms with van der Waals surface area (Å²) < 4.78 is 1.82. The smallest absolute Gasteiger partial charge is 0.402 e. The fourth-order valence-corrected chi connectivity index (χ4v) is 1.21. The molecule has 0 N–H and O–H groups in total. The fourth-order valence-electron chi connectivity index (χ4n) is 0.768. The molecule has 0 unspecified atom stereocenters. The summed E-state index contributed by atoms with van der Waals surface area (Å²) in [7, 11) is 0. The molecule has 0 atom stereocenters. The minimum absolute atomic E-state index is 1.15. The van der Waals surface area contributed by atoms with Crippen LogP contribution in [0.5, 0.6) is 0 Å². The van der Waals surface area contributed by atoms with Crippen molar-refractivity contribution < 1.29 is 9.53 Å². The van der Waals surface area contributed by atoms with E-state index >= 15 is 0 Å². The predicted octanol–water partition coefficient (Wildman–Crippen LogP) is 5.67. The van der Waals surface area contributed by atoms with Crippen LogP contribution in [0.15, 0.2) is 0 Å². The summed E-state index contributed by atoms with van der Waals surface area (Å²) in [5.74, 6) is 0. The average molecular weight is 298 g/mol. The highest BCUT2D eigenvalue weighted by molar-refractivity contribution is 6.69. The van der Waals surface area contributed by atoms with Crippen LogP contribution in [0.2, 0.25) is 0 Å². The molecule has 0 heterocycles. The number of rotatable bonds is 4. The molecule has 15 heavy (non-hydrogen) atoms. The lowest BCUT2D eigenvalue weighted by atomic mass is 10.2. The van der Waals surface area contributed by atoms with E-state index < -0.39 is 9.41 Å². The van der Waals surface area contributed by atoms with Gasteiger partial charge in [0.2, 0.25) is 0 Å². The lowest BCUT2D eigenvalue weighted by molar-refractivity contribution is 0.172. The molecule has 2 nitrogen and oxygen atoms in total. The second-order valence-electron chi connectivity index (χ2n) is 2.85. The van der Waals surface area contributed by atoms with Gasteiger partial charge in [-0.15, -0.1) is 0 Å². The van der Waals surface area contributed by atoms with Gasteiger partial charge in [-0.05, 0) is 34.8 Å². The van der Waals surface area contributed by atoms with Gasteiger partial charge < -0.3 is 4.74 Å². The molecule has 0 rings (SSSR count). The first-order valence-electron chi connectivity index (χ1n) is 4.78. The molecule has 0 aliphatic heterocycles. The van der Waals surface area contributed by atoms with Crippen molar-refractivity contribution in [2.75, 3.05) is 0 Å². The third-order valence-corrected chi connectivity index (χ3v) is 1.71. The van der Waals surface area contributed by atoms with Crippen LogP contribution in [0.1, 0.15) is 46.0 Å². The molecule has 0 aromatic heterocycles. The first-order chi connectivity index (χ1) is 6.83. The lowest BCUT2D eigenvalue weighted by Crippen LogP contribution is -2.09. The number of hydrogen-bond donors (Lipinski definition) is 0. The summed E-state index contributed by atoms with van der Waals surface area (Å²) >= 11 is 19.4. The van der Waals surface area contributed by atoms with Crippen molar-refractivity contribution in [3.05, 3.63) is 0 Å². The second kappa shape index (κ2) is 11.1. The van der Waals surface area contributed by atoms with Crippen molar-refractivity contribution in [1.82, 2.24) is 0 Å². The molecule has 0 spiro atoms. The Morgan fingerprint density at radius 2 is 1.47 bits per heavy atom. The number of carbonyl (C=O) groups is 1. The Bertz CT molecular complexity index is 153. The van der Waals surface area contributed by atoms with Crippen LogP contribution in [0.4, 0.5) is 4.79 Å². The molecule has 0 amide bonds. The van der Waals surface area contributed by atoms with Crippen LogP contribution >= 0.6 is 46.4 Å². The molecule has 0 bridgehead atoms. The van der Waals surface area contributed by atoms with Crippen LogP contribution in [-0.2, 0) is 4.74 Å². The molecular weight excluding hydrogens is 282 g/mol. The predicted molar refractivity (Wildman–Crippen MR) is 67.1 cm³/mol. The van der Waals surface area contributed by atoms with Crippen molar-refractivity contribution in [3.8, 4) is 0 Å². The van der Waals surface area contributed by atoms with Crippen molar-refractivity contribution in [3.63, 3.8) is 0 Å². The van der Waals surface area contributed by atoms with Crippen molar-refractivity contribution in [1.29, 1.82) is 0 Å². The summed E-state index contributed by atoms with van der Waals surface area (Å²) in [5.41, 5.74) is -1.15. The molecule has 0 fully saturated rings. The minimum Gasteiger partial charge on any atom is -0.402 e. The molecule has 0 aliphatic rings. The van der Waals surface area contributed by atoms with Crippen molar-refractivity contribution in [2.45, 2.75) is 49.9 Å². The zero-order valence-electron chi connectivity index (χ0n) is 8.86. The number of alkyl halides is 3. The zero-order chi connectivity index (χ0) is 12.3. The zero-order valence-corrected chi connectivity index (χ0v) is 11.9. The number of unbranched alkanes of at least 4 members (excludes halogenated alkanes) is 4. The van der Waals surface area contributed by atoms with Gasteiger partial charge in [-0.2, -0.15) is 0 Å². The molecule has 0 aromatic carbocycles. The van der Waals surface area contributed by atoms with E-state index in [0.717, 1.165) is 0 Å². The van der Waals surface area contributed by atoms with Gasteiger partial charge in [-0.3, -0.25) is 0 Å². The molecule has 92 valence electrons. The highest BCUT2D eigenvalue weighted by atomic mass is 35.6. The molecule has 0 aliphatic carbocycles. The highest BCUT2D eigenvalue weighted by Crippen LogP contribution is 2.27. The Morgan fingerprint density at radius 1 is 1.07 bits per heavy atom. The number of halogens is 4. The summed E-state index contributed by atoms with van der Waals surface area (Å²) in [4.78, 5) is 9.75. The Balaban J connectivity index is 0. The maximum Gasteiger partial charge on any atom is 0.407 e. The van der Waals surface area contributed by atoms with E-state index in [1.807, 2.05) is 0 Å². The molecular formula is C9H16Cl4O2. The van der Waals surface area contributed by atoms with E-state index in [1.165, 1.54) is 32.1 Å². The lowest BCUT2D eigenvalue weighted by Gasteiger charge is -2.06. The summed E-state index contributed by atoms with van der Waals surface area (Å²) in [6.07, 6.45) is 7.01. The van der Waals surface area contributed by atoms with Crippen LogP contribution in [0.25, 0.3) is 0 Å². The standard InChI is InChI=1S/C7H16.C2Cl4O2/c1-3-5-7-6-4-2;3-1(7)8-2(4,5)6/h3-7H2,1-2H3;. The van der Waals surface area contributed by atoms with E-state index in [4.69, 9.17) is 34.8 Å². The highest BCUT2D eigenvalue weighted by Gasteiger charge is 2.23. The average Bonchev–Trinajstić information content (AvgIpc) is 2.01. The third kappa shape index (κ3) is 25.2. The van der Waals surface area contributed by atoms with E-state index in [0.29, 0.717) is 0 Å². The van der Waals surface area contributed by atoms with Gasteiger partial charge in [0.25, 0.3) is 0 Å². The molecule has 6 heteroatoms. The SMILES string of the molecule is CCCCCCC.O=C(Cl)OC(Cl)(Cl)Cl. The topological polar surface area (TPSA) is 26.3 Å². The van der Waals surface area contributed by atoms with Gasteiger partial charge in [-0.25, -0.2) is 4.79 Å². The van der Waals surface area contributed by atoms with Crippen LogP contribution in [-0.4, -0.2) is 9.41 Å². The van der Waals surface area contributed by atoms with E-state index in [2.05, 4.69) is 30.2 Å². The van der Waals surface area contributed by atoms with E-state index in [9.17, 15) is 4.79 Å². The summed E-state index contributed by atoms with van der Waals surface area (Å²) in [5, 5.41) is 0. The Morgan fingerprint density at radius 3 is 1.60 bits per heavy atom. The molecule has 0 saturated carbocycles. The maximum absolute atomic E-state index is 9.75. The van der Waals surface area contributed by atoms with Gasteiger partial charge in [0, 0.05) is 11.6 Å². The fraction of sp³-hybridized carbons (Fsp3) is 0.889. The Kier molecular flexibility index (Phi) is 13.4. The Hall–Kier alpha value is 0.630. The summed E-state index contributed by atoms with van der Waals surface area (Å²) in [6.45, 7) is 4.49.